The van der Waals surface area contributed by atoms with E-state index in [0.717, 1.165) is 41.9 Å². The smallest absolute Gasteiger partial charge is 0.328 e. The van der Waals surface area contributed by atoms with Crippen molar-refractivity contribution in [3.05, 3.63) is 76.6 Å². The number of benzene rings is 2. The number of carboxylic acid groups (broad SMARTS) is 1. The second-order valence-corrected chi connectivity index (χ2v) is 12.8. The number of carbonyl (C=O) groups excluding carboxylic acids is 2. The molecule has 0 spiro atoms. The lowest BCUT2D eigenvalue weighted by molar-refractivity contribution is -0.131. The summed E-state index contributed by atoms with van der Waals surface area (Å²) in [6.07, 6.45) is 11.9. The molecule has 0 aliphatic heterocycles. The standard InChI is InChI=1S/C36H38ClN5O6/c1-42-28-18-24(9-12-27(28)31(23-6-3-4-7-23)32(42)33-38-20-25(37)21-39-33)34(45)41-36(14-5-15-36)35(46)40-26-11-8-22(10-13-30(43)44)29(19-26)48-17-16-47-2/h8-13,18-21,23H,3-7,14-17H2,1-2H3,(H,40,46)(H,41,45)(H,43,44)/b13-10+. The summed E-state index contributed by atoms with van der Waals surface area (Å²) in [4.78, 5) is 47.6. The number of nitrogens with one attached hydrogen (secondary N) is 2. The molecule has 4 aromatic rings. The molecule has 2 heterocycles. The van der Waals surface area contributed by atoms with E-state index in [2.05, 4.69) is 25.2 Å². The first kappa shape index (κ1) is 33.2. The Morgan fingerprint density at radius 1 is 1.06 bits per heavy atom. The first-order valence-electron chi connectivity index (χ1n) is 16.1. The molecule has 2 aromatic heterocycles. The topological polar surface area (TPSA) is 145 Å². The van der Waals surface area contributed by atoms with Crippen LogP contribution in [0.25, 0.3) is 28.5 Å². The number of halogens is 1. The lowest BCUT2D eigenvalue weighted by atomic mass is 9.75. The SMILES string of the molecule is COCCOc1cc(NC(=O)C2(NC(=O)c3ccc4c(C5CCCC5)c(-c5ncc(Cl)cn5)n(C)c4c3)CCC2)ccc1/C=C/C(=O)O. The van der Waals surface area contributed by atoms with Crippen LogP contribution in [0.3, 0.4) is 0 Å². The van der Waals surface area contributed by atoms with Crippen LogP contribution >= 0.6 is 11.6 Å². The van der Waals surface area contributed by atoms with Gasteiger partial charge in [-0.2, -0.15) is 0 Å². The van der Waals surface area contributed by atoms with Crippen molar-refractivity contribution in [3.8, 4) is 17.3 Å². The molecule has 11 nitrogen and oxygen atoms in total. The molecule has 0 bridgehead atoms. The number of fused-ring (bicyclic) bond motifs is 1. The quantitative estimate of drug-likeness (QED) is 0.117. The van der Waals surface area contributed by atoms with E-state index >= 15 is 0 Å². The molecule has 0 radical (unpaired) electrons. The molecule has 3 N–H and O–H groups in total. The third-order valence-electron chi connectivity index (χ3n) is 9.31. The number of hydrogen-bond donors (Lipinski definition) is 3. The van der Waals surface area contributed by atoms with Crippen LogP contribution in [0.2, 0.25) is 5.02 Å². The van der Waals surface area contributed by atoms with Crippen molar-refractivity contribution in [2.75, 3.05) is 25.6 Å². The van der Waals surface area contributed by atoms with Crippen LogP contribution in [0.15, 0.2) is 54.9 Å². The molecule has 2 aromatic carbocycles. The largest absolute Gasteiger partial charge is 0.490 e. The van der Waals surface area contributed by atoms with Crippen LogP contribution in [0.5, 0.6) is 5.75 Å². The van der Waals surface area contributed by atoms with Crippen molar-refractivity contribution in [1.82, 2.24) is 19.9 Å². The van der Waals surface area contributed by atoms with Crippen LogP contribution in [0.4, 0.5) is 5.69 Å². The van der Waals surface area contributed by atoms with E-state index in [1.54, 1.807) is 37.7 Å². The number of hydrogen-bond acceptors (Lipinski definition) is 7. The monoisotopic (exact) mass is 671 g/mol. The summed E-state index contributed by atoms with van der Waals surface area (Å²) < 4.78 is 12.9. The van der Waals surface area contributed by atoms with Crippen LogP contribution in [-0.2, 0) is 21.4 Å². The Kier molecular flexibility index (Phi) is 9.79. The van der Waals surface area contributed by atoms with Gasteiger partial charge in [0.1, 0.15) is 17.9 Å². The Bertz CT molecular complexity index is 1880. The molecule has 0 unspecified atom stereocenters. The maximum Gasteiger partial charge on any atom is 0.328 e. The molecule has 2 amide bonds. The molecule has 2 aliphatic carbocycles. The highest BCUT2D eigenvalue weighted by molar-refractivity contribution is 6.30. The number of aliphatic carboxylic acids is 1. The Morgan fingerprint density at radius 2 is 1.81 bits per heavy atom. The summed E-state index contributed by atoms with van der Waals surface area (Å²) in [6.45, 7) is 0.574. The van der Waals surface area contributed by atoms with Crippen LogP contribution in [0.1, 0.15) is 72.3 Å². The van der Waals surface area contributed by atoms with E-state index in [1.165, 1.54) is 24.5 Å². The van der Waals surface area contributed by atoms with Gasteiger partial charge in [0.25, 0.3) is 5.91 Å². The minimum atomic E-state index is -1.09. The summed E-state index contributed by atoms with van der Waals surface area (Å²) in [5, 5.41) is 16.6. The Hall–Kier alpha value is -4.74. The van der Waals surface area contributed by atoms with Gasteiger partial charge in [0.2, 0.25) is 5.91 Å². The van der Waals surface area contributed by atoms with Crippen molar-refractivity contribution in [1.29, 1.82) is 0 Å². The predicted molar refractivity (Wildman–Crippen MR) is 183 cm³/mol. The van der Waals surface area contributed by atoms with E-state index in [-0.39, 0.29) is 18.4 Å². The average molecular weight is 672 g/mol. The first-order valence-corrected chi connectivity index (χ1v) is 16.5. The number of aromatic nitrogens is 3. The number of anilines is 1. The highest BCUT2D eigenvalue weighted by Crippen LogP contribution is 2.44. The lowest BCUT2D eigenvalue weighted by Crippen LogP contribution is -2.61. The molecule has 250 valence electrons. The third kappa shape index (κ3) is 6.79. The number of carboxylic acids is 1. The van der Waals surface area contributed by atoms with Crippen LogP contribution < -0.4 is 15.4 Å². The summed E-state index contributed by atoms with van der Waals surface area (Å²) >= 11 is 6.10. The van der Waals surface area contributed by atoms with Crippen LogP contribution in [0, 0.1) is 0 Å². The molecule has 0 saturated heterocycles. The summed E-state index contributed by atoms with van der Waals surface area (Å²) in [6, 6.07) is 10.7. The highest BCUT2D eigenvalue weighted by atomic mass is 35.5. The fourth-order valence-electron chi connectivity index (χ4n) is 6.69. The second-order valence-electron chi connectivity index (χ2n) is 12.4. The van der Waals surface area contributed by atoms with Gasteiger partial charge < -0.3 is 29.8 Å². The number of nitrogens with zero attached hydrogens (tertiary/aromatic N) is 3. The average Bonchev–Trinajstić information content (AvgIpc) is 3.69. The Morgan fingerprint density at radius 3 is 2.48 bits per heavy atom. The van der Waals surface area contributed by atoms with Crippen molar-refractivity contribution < 1.29 is 29.0 Å². The van der Waals surface area contributed by atoms with Gasteiger partial charge in [0, 0.05) is 66.4 Å². The number of amides is 2. The summed E-state index contributed by atoms with van der Waals surface area (Å²) in [5.74, 6) is -0.395. The maximum absolute atomic E-state index is 13.8. The van der Waals surface area contributed by atoms with Crippen molar-refractivity contribution >= 4 is 52.1 Å². The zero-order chi connectivity index (χ0) is 33.8. The molecule has 48 heavy (non-hydrogen) atoms. The molecule has 2 aliphatic rings. The molecule has 12 heteroatoms. The molecular weight excluding hydrogens is 634 g/mol. The lowest BCUT2D eigenvalue weighted by Gasteiger charge is -2.40. The zero-order valence-corrected chi connectivity index (χ0v) is 27.7. The predicted octanol–water partition coefficient (Wildman–Crippen LogP) is 6.36. The first-order chi connectivity index (χ1) is 23.2. The Balaban J connectivity index is 1.25. The zero-order valence-electron chi connectivity index (χ0n) is 26.9. The minimum Gasteiger partial charge on any atom is -0.490 e. The fourth-order valence-corrected chi connectivity index (χ4v) is 6.79. The summed E-state index contributed by atoms with van der Waals surface area (Å²) in [7, 11) is 3.52. The summed E-state index contributed by atoms with van der Waals surface area (Å²) in [5.41, 5.74) is 3.39. The minimum absolute atomic E-state index is 0.240. The third-order valence-corrected chi connectivity index (χ3v) is 9.51. The normalized spacial score (nSPS) is 15.8. The molecule has 0 atom stereocenters. The maximum atomic E-state index is 13.8. The van der Waals surface area contributed by atoms with E-state index < -0.39 is 11.5 Å². The van der Waals surface area contributed by atoms with Gasteiger partial charge in [-0.15, -0.1) is 0 Å². The van der Waals surface area contributed by atoms with E-state index in [1.807, 2.05) is 25.2 Å². The van der Waals surface area contributed by atoms with Gasteiger partial charge in [-0.1, -0.05) is 30.5 Å². The second kappa shape index (κ2) is 14.2. The van der Waals surface area contributed by atoms with Gasteiger partial charge in [0.15, 0.2) is 5.82 Å². The highest BCUT2D eigenvalue weighted by Gasteiger charge is 2.45. The van der Waals surface area contributed by atoms with Gasteiger partial charge in [0.05, 0.1) is 17.3 Å². The molecule has 2 saturated carbocycles. The molecule has 2 fully saturated rings. The number of ether oxygens (including phenoxy) is 2. The van der Waals surface area contributed by atoms with Gasteiger partial charge >= 0.3 is 5.97 Å². The van der Waals surface area contributed by atoms with Crippen molar-refractivity contribution in [2.45, 2.75) is 56.4 Å². The van der Waals surface area contributed by atoms with E-state index in [0.29, 0.717) is 58.8 Å². The van der Waals surface area contributed by atoms with Crippen molar-refractivity contribution in [2.24, 2.45) is 7.05 Å². The van der Waals surface area contributed by atoms with E-state index in [4.69, 9.17) is 26.2 Å². The van der Waals surface area contributed by atoms with Crippen LogP contribution in [-0.4, -0.2) is 63.3 Å². The van der Waals surface area contributed by atoms with Crippen molar-refractivity contribution in [3.63, 3.8) is 0 Å². The fraction of sp³-hybridized carbons (Fsp3) is 0.361. The Labute approximate surface area is 283 Å². The van der Waals surface area contributed by atoms with Gasteiger partial charge in [-0.3, -0.25) is 9.59 Å². The molecule has 6 rings (SSSR count). The van der Waals surface area contributed by atoms with Gasteiger partial charge in [-0.05, 0) is 73.9 Å². The van der Waals surface area contributed by atoms with Gasteiger partial charge in [-0.25, -0.2) is 14.8 Å². The number of aryl methyl sites for hydroxylation is 1. The number of carbonyl (C=O) groups is 3. The number of methoxy groups -OCH3 is 1. The van der Waals surface area contributed by atoms with E-state index in [9.17, 15) is 14.4 Å². The number of rotatable bonds is 12. The molecular formula is C36H38ClN5O6.